The predicted molar refractivity (Wildman–Crippen MR) is 58.2 cm³/mol. The summed E-state index contributed by atoms with van der Waals surface area (Å²) >= 11 is 1.52. The number of H-pyrrole nitrogens is 1. The number of hydrogen-bond acceptors (Lipinski definition) is 4. The van der Waals surface area contributed by atoms with Gasteiger partial charge in [0.05, 0.1) is 11.5 Å². The SMILES string of the molecule is Cc1cn(C2CC(O)CS2)c(=O)[nH]c1=O. The Kier molecular flexibility index (Phi) is 2.70. The summed E-state index contributed by atoms with van der Waals surface area (Å²) in [6.07, 6.45) is 1.74. The second-order valence-electron chi connectivity index (χ2n) is 3.66. The summed E-state index contributed by atoms with van der Waals surface area (Å²) in [5, 5.41) is 9.30. The van der Waals surface area contributed by atoms with Gasteiger partial charge in [-0.25, -0.2) is 4.79 Å². The fourth-order valence-electron chi connectivity index (χ4n) is 1.58. The molecular formula is C9H12N2O3S. The first-order valence-corrected chi connectivity index (χ1v) is 5.74. The van der Waals surface area contributed by atoms with Gasteiger partial charge in [-0.2, -0.15) is 0 Å². The molecule has 0 radical (unpaired) electrons. The lowest BCUT2D eigenvalue weighted by Gasteiger charge is -2.12. The van der Waals surface area contributed by atoms with Gasteiger partial charge in [-0.05, 0) is 6.92 Å². The smallest absolute Gasteiger partial charge is 0.329 e. The highest BCUT2D eigenvalue weighted by Gasteiger charge is 2.25. The van der Waals surface area contributed by atoms with Crippen LogP contribution in [0.4, 0.5) is 0 Å². The molecule has 1 fully saturated rings. The lowest BCUT2D eigenvalue weighted by atomic mass is 10.3. The van der Waals surface area contributed by atoms with E-state index in [0.29, 0.717) is 17.7 Å². The number of nitrogens with zero attached hydrogens (tertiary/aromatic N) is 1. The van der Waals surface area contributed by atoms with Crippen LogP contribution in [0.2, 0.25) is 0 Å². The standard InChI is InChI=1S/C9H12N2O3S/c1-5-3-11(9(14)10-8(5)13)7-2-6(12)4-15-7/h3,6-7,12H,2,4H2,1H3,(H,10,13,14). The van der Waals surface area contributed by atoms with E-state index in [9.17, 15) is 14.7 Å². The number of thioether (sulfide) groups is 1. The Bertz CT molecular complexity index is 479. The molecule has 2 N–H and O–H groups in total. The van der Waals surface area contributed by atoms with Crippen molar-refractivity contribution in [3.63, 3.8) is 0 Å². The van der Waals surface area contributed by atoms with Crippen LogP contribution in [0.5, 0.6) is 0 Å². The fourth-order valence-corrected chi connectivity index (χ4v) is 2.84. The maximum absolute atomic E-state index is 11.5. The maximum Gasteiger partial charge on any atom is 0.329 e. The van der Waals surface area contributed by atoms with E-state index in [1.165, 1.54) is 16.3 Å². The van der Waals surface area contributed by atoms with E-state index in [2.05, 4.69) is 4.98 Å². The van der Waals surface area contributed by atoms with E-state index in [4.69, 9.17) is 0 Å². The molecule has 0 bridgehead atoms. The Balaban J connectivity index is 2.41. The van der Waals surface area contributed by atoms with Gasteiger partial charge < -0.3 is 5.11 Å². The molecule has 2 unspecified atom stereocenters. The summed E-state index contributed by atoms with van der Waals surface area (Å²) in [5.41, 5.74) is -0.242. The van der Waals surface area contributed by atoms with Crippen LogP contribution in [0, 0.1) is 6.92 Å². The first-order valence-electron chi connectivity index (χ1n) is 4.69. The van der Waals surface area contributed by atoms with Gasteiger partial charge in [0.15, 0.2) is 0 Å². The lowest BCUT2D eigenvalue weighted by Crippen LogP contribution is -2.32. The average molecular weight is 228 g/mol. The van der Waals surface area contributed by atoms with Crippen molar-refractivity contribution in [2.45, 2.75) is 24.8 Å². The van der Waals surface area contributed by atoms with Crippen LogP contribution in [0.15, 0.2) is 15.8 Å². The molecule has 15 heavy (non-hydrogen) atoms. The summed E-state index contributed by atoms with van der Waals surface area (Å²) in [6, 6.07) is 0. The summed E-state index contributed by atoms with van der Waals surface area (Å²) < 4.78 is 1.48. The van der Waals surface area contributed by atoms with Gasteiger partial charge in [-0.3, -0.25) is 14.3 Å². The van der Waals surface area contributed by atoms with Crippen LogP contribution in [0.25, 0.3) is 0 Å². The summed E-state index contributed by atoms with van der Waals surface area (Å²) in [4.78, 5) is 24.9. The third-order valence-corrected chi connectivity index (χ3v) is 3.79. The molecule has 82 valence electrons. The van der Waals surface area contributed by atoms with Crippen molar-refractivity contribution in [1.29, 1.82) is 0 Å². The van der Waals surface area contributed by atoms with E-state index < -0.39 is 5.69 Å². The van der Waals surface area contributed by atoms with Gasteiger partial charge in [0, 0.05) is 23.9 Å². The number of aromatic nitrogens is 2. The molecule has 2 atom stereocenters. The van der Waals surface area contributed by atoms with Crippen molar-refractivity contribution in [1.82, 2.24) is 9.55 Å². The molecule has 5 nitrogen and oxygen atoms in total. The number of aliphatic hydroxyl groups excluding tert-OH is 1. The van der Waals surface area contributed by atoms with E-state index in [-0.39, 0.29) is 17.0 Å². The topological polar surface area (TPSA) is 75.1 Å². The van der Waals surface area contributed by atoms with Gasteiger partial charge in [-0.15, -0.1) is 11.8 Å². The second-order valence-corrected chi connectivity index (χ2v) is 4.87. The summed E-state index contributed by atoms with van der Waals surface area (Å²) in [5.74, 6) is 0.634. The summed E-state index contributed by atoms with van der Waals surface area (Å²) in [7, 11) is 0. The van der Waals surface area contributed by atoms with E-state index in [0.717, 1.165) is 0 Å². The minimum Gasteiger partial charge on any atom is -0.392 e. The number of rotatable bonds is 1. The van der Waals surface area contributed by atoms with Gasteiger partial charge in [0.2, 0.25) is 0 Å². The second kappa shape index (κ2) is 3.86. The molecule has 0 aromatic carbocycles. The molecule has 6 heteroatoms. The number of hydrogen-bond donors (Lipinski definition) is 2. The van der Waals surface area contributed by atoms with Crippen LogP contribution < -0.4 is 11.2 Å². The molecule has 2 rings (SSSR count). The first kappa shape index (κ1) is 10.5. The molecule has 2 heterocycles. The monoisotopic (exact) mass is 228 g/mol. The molecule has 0 aliphatic carbocycles. The molecule has 0 amide bonds. The highest BCUT2D eigenvalue weighted by molar-refractivity contribution is 7.99. The Morgan fingerprint density at radius 2 is 2.33 bits per heavy atom. The Hall–Kier alpha value is -1.01. The number of aryl methyl sites for hydroxylation is 1. The van der Waals surface area contributed by atoms with Crippen LogP contribution >= 0.6 is 11.8 Å². The van der Waals surface area contributed by atoms with Gasteiger partial charge in [0.1, 0.15) is 0 Å². The van der Waals surface area contributed by atoms with Crippen LogP contribution in [-0.2, 0) is 0 Å². The fraction of sp³-hybridized carbons (Fsp3) is 0.556. The Labute approximate surface area is 90.1 Å². The minimum absolute atomic E-state index is 0.0666. The maximum atomic E-state index is 11.5. The zero-order chi connectivity index (χ0) is 11.0. The largest absolute Gasteiger partial charge is 0.392 e. The highest BCUT2D eigenvalue weighted by atomic mass is 32.2. The van der Waals surface area contributed by atoms with E-state index >= 15 is 0 Å². The quantitative estimate of drug-likeness (QED) is 0.700. The van der Waals surface area contributed by atoms with Crippen molar-refractivity contribution >= 4 is 11.8 Å². The highest BCUT2D eigenvalue weighted by Crippen LogP contribution is 2.34. The van der Waals surface area contributed by atoms with Gasteiger partial charge in [0.25, 0.3) is 5.56 Å². The molecule has 1 aromatic rings. The van der Waals surface area contributed by atoms with Crippen molar-refractivity contribution in [3.8, 4) is 0 Å². The zero-order valence-electron chi connectivity index (χ0n) is 8.27. The van der Waals surface area contributed by atoms with Crippen molar-refractivity contribution < 1.29 is 5.11 Å². The molecule has 0 spiro atoms. The van der Waals surface area contributed by atoms with Gasteiger partial charge >= 0.3 is 5.69 Å². The Morgan fingerprint density at radius 3 is 2.93 bits per heavy atom. The molecule has 0 saturated carbocycles. The van der Waals surface area contributed by atoms with Crippen molar-refractivity contribution in [2.75, 3.05) is 5.75 Å². The minimum atomic E-state index is -0.405. The lowest BCUT2D eigenvalue weighted by molar-refractivity contribution is 0.190. The first-order chi connectivity index (χ1) is 7.08. The number of aromatic amines is 1. The van der Waals surface area contributed by atoms with Crippen molar-refractivity contribution in [3.05, 3.63) is 32.6 Å². The van der Waals surface area contributed by atoms with Crippen LogP contribution in [0.3, 0.4) is 0 Å². The number of aliphatic hydroxyl groups is 1. The van der Waals surface area contributed by atoms with Gasteiger partial charge in [-0.1, -0.05) is 0 Å². The summed E-state index contributed by atoms with van der Waals surface area (Å²) in [6.45, 7) is 1.66. The molecule has 1 aliphatic heterocycles. The predicted octanol–water partition coefficient (Wildman–Crippen LogP) is -0.159. The van der Waals surface area contributed by atoms with Crippen LogP contribution in [0.1, 0.15) is 17.4 Å². The third-order valence-electron chi connectivity index (χ3n) is 2.41. The Morgan fingerprint density at radius 1 is 1.60 bits per heavy atom. The zero-order valence-corrected chi connectivity index (χ0v) is 9.08. The van der Waals surface area contributed by atoms with E-state index in [1.54, 1.807) is 13.1 Å². The third kappa shape index (κ3) is 2.00. The normalized spacial score (nSPS) is 25.7. The average Bonchev–Trinajstić information content (AvgIpc) is 2.58. The van der Waals surface area contributed by atoms with E-state index in [1.807, 2.05) is 0 Å². The molecular weight excluding hydrogens is 216 g/mol. The molecule has 1 aliphatic rings. The molecule has 1 saturated heterocycles. The van der Waals surface area contributed by atoms with Crippen LogP contribution in [-0.4, -0.2) is 26.5 Å². The van der Waals surface area contributed by atoms with Crippen molar-refractivity contribution in [2.24, 2.45) is 0 Å². The number of nitrogens with one attached hydrogen (secondary N) is 1. The molecule has 1 aromatic heterocycles.